The molecular formula is C83H146O5. The van der Waals surface area contributed by atoms with Crippen molar-refractivity contribution < 1.29 is 24.2 Å². The van der Waals surface area contributed by atoms with E-state index in [0.717, 1.165) is 103 Å². The molecule has 0 radical (unpaired) electrons. The molecule has 0 bridgehead atoms. The highest BCUT2D eigenvalue weighted by Crippen LogP contribution is 2.19. The Morgan fingerprint density at radius 3 is 0.739 bits per heavy atom. The van der Waals surface area contributed by atoms with Crippen LogP contribution in [0, 0.1) is 0 Å². The summed E-state index contributed by atoms with van der Waals surface area (Å²) in [5, 5.41) is 9.72. The van der Waals surface area contributed by atoms with Gasteiger partial charge in [0.15, 0.2) is 6.10 Å². The van der Waals surface area contributed by atoms with Gasteiger partial charge in [0, 0.05) is 12.8 Å². The molecule has 0 fully saturated rings. The van der Waals surface area contributed by atoms with Crippen LogP contribution in [0.2, 0.25) is 0 Å². The van der Waals surface area contributed by atoms with Gasteiger partial charge in [-0.25, -0.2) is 0 Å². The normalized spacial score (nSPS) is 12.8. The van der Waals surface area contributed by atoms with E-state index in [1.165, 1.54) is 257 Å². The summed E-state index contributed by atoms with van der Waals surface area (Å²) in [6, 6.07) is 0. The van der Waals surface area contributed by atoms with Crippen molar-refractivity contribution >= 4 is 11.9 Å². The molecular weight excluding hydrogens is 1080 g/mol. The molecule has 0 aromatic carbocycles. The van der Waals surface area contributed by atoms with Crippen LogP contribution >= 0.6 is 0 Å². The van der Waals surface area contributed by atoms with Crippen molar-refractivity contribution in [3.63, 3.8) is 0 Å². The van der Waals surface area contributed by atoms with Gasteiger partial charge < -0.3 is 14.6 Å². The second-order valence-corrected chi connectivity index (χ2v) is 25.7. The fourth-order valence-electron chi connectivity index (χ4n) is 11.4. The van der Waals surface area contributed by atoms with E-state index in [1.807, 2.05) is 0 Å². The van der Waals surface area contributed by atoms with Gasteiger partial charge in [0.05, 0.1) is 6.61 Å². The second kappa shape index (κ2) is 77.8. The number of allylic oxidation sites excluding steroid dienone is 18. The third-order valence-electron chi connectivity index (χ3n) is 17.1. The summed E-state index contributed by atoms with van der Waals surface area (Å²) in [6.07, 6.45) is 113. The maximum Gasteiger partial charge on any atom is 0.306 e. The van der Waals surface area contributed by atoms with Gasteiger partial charge in [-0.05, 0) is 83.5 Å². The Balaban J connectivity index is 3.46. The molecule has 0 saturated heterocycles. The molecule has 5 nitrogen and oxygen atoms in total. The highest BCUT2D eigenvalue weighted by atomic mass is 16.6. The molecule has 508 valence electrons. The molecule has 0 rings (SSSR count). The lowest BCUT2D eigenvalue weighted by Crippen LogP contribution is -2.28. The van der Waals surface area contributed by atoms with Crippen LogP contribution in [0.1, 0.15) is 386 Å². The molecule has 88 heavy (non-hydrogen) atoms. The van der Waals surface area contributed by atoms with Crippen molar-refractivity contribution in [3.8, 4) is 0 Å². The van der Waals surface area contributed by atoms with Crippen molar-refractivity contribution in [1.82, 2.24) is 0 Å². The number of aliphatic hydroxyl groups excluding tert-OH is 1. The molecule has 0 amide bonds. The number of hydrogen-bond acceptors (Lipinski definition) is 5. The topological polar surface area (TPSA) is 72.8 Å². The summed E-state index contributed by atoms with van der Waals surface area (Å²) in [5.74, 6) is -0.586. The second-order valence-electron chi connectivity index (χ2n) is 25.7. The molecule has 0 spiro atoms. The minimum atomic E-state index is -0.782. The predicted molar refractivity (Wildman–Crippen MR) is 389 cm³/mol. The first-order valence-electron chi connectivity index (χ1n) is 38.4. The molecule has 1 atom stereocenters. The van der Waals surface area contributed by atoms with E-state index in [9.17, 15) is 14.7 Å². The van der Waals surface area contributed by atoms with Gasteiger partial charge in [0.25, 0.3) is 0 Å². The number of unbranched alkanes of at least 4 members (excludes halogenated alkanes) is 45. The zero-order chi connectivity index (χ0) is 63.3. The lowest BCUT2D eigenvalue weighted by Gasteiger charge is -2.15. The van der Waals surface area contributed by atoms with E-state index >= 15 is 0 Å². The number of ether oxygens (including phenoxy) is 2. The van der Waals surface area contributed by atoms with Gasteiger partial charge in [-0.2, -0.15) is 0 Å². The summed E-state index contributed by atoms with van der Waals surface area (Å²) in [4.78, 5) is 24.7. The van der Waals surface area contributed by atoms with E-state index in [4.69, 9.17) is 9.47 Å². The third kappa shape index (κ3) is 75.0. The first-order chi connectivity index (χ1) is 43.6. The molecule has 1 unspecified atom stereocenters. The van der Waals surface area contributed by atoms with Gasteiger partial charge in [-0.1, -0.05) is 399 Å². The Labute approximate surface area is 548 Å². The Kier molecular flexibility index (Phi) is 74.8. The van der Waals surface area contributed by atoms with Gasteiger partial charge >= 0.3 is 11.9 Å². The first-order valence-corrected chi connectivity index (χ1v) is 38.4. The molecule has 0 aliphatic rings. The minimum Gasteiger partial charge on any atom is -0.462 e. The molecule has 0 aliphatic heterocycles. The summed E-state index contributed by atoms with van der Waals surface area (Å²) in [5.41, 5.74) is 0. The standard InChI is InChI=1S/C83H146O5/c1-3-5-7-9-11-13-15-17-19-21-23-25-27-29-31-33-35-37-39-41-43-45-47-49-51-53-55-57-59-61-63-65-67-69-71-73-75-77-82(85)87-80-81(79-84)88-83(86)78-76-74-72-70-68-66-64-62-60-58-56-54-52-50-48-46-44-42-40-38-36-34-32-30-28-26-24-22-20-18-16-14-12-10-8-6-4-2/h6,8,12,14,18,20,24,26,30,32,36,38,42,44,48,50,54,56,81,84H,3-5,7,9-11,13,15-17,19,21-23,25,27-29,31,33-35,37,39-41,43,45-47,49,51-53,55,57-80H2,1-2H3/b8-6-,14-12-,20-18-,26-24-,32-30-,38-36-,44-42-,50-48-,56-54-. The van der Waals surface area contributed by atoms with E-state index in [2.05, 4.69) is 123 Å². The van der Waals surface area contributed by atoms with Crippen LogP contribution in [0.25, 0.3) is 0 Å². The van der Waals surface area contributed by atoms with E-state index < -0.39 is 6.10 Å². The van der Waals surface area contributed by atoms with Crippen LogP contribution in [0.15, 0.2) is 109 Å². The summed E-state index contributed by atoms with van der Waals surface area (Å²) in [6.45, 7) is 4.07. The fraction of sp³-hybridized carbons (Fsp3) is 0.759. The average molecular weight is 1220 g/mol. The van der Waals surface area contributed by atoms with Gasteiger partial charge in [0.1, 0.15) is 6.61 Å². The van der Waals surface area contributed by atoms with Crippen LogP contribution in [0.5, 0.6) is 0 Å². The van der Waals surface area contributed by atoms with Crippen molar-refractivity contribution in [2.24, 2.45) is 0 Å². The van der Waals surface area contributed by atoms with Crippen molar-refractivity contribution in [2.45, 2.75) is 392 Å². The molecule has 0 aromatic heterocycles. The number of esters is 2. The maximum atomic E-state index is 12.4. The van der Waals surface area contributed by atoms with Crippen molar-refractivity contribution in [1.29, 1.82) is 0 Å². The van der Waals surface area contributed by atoms with Gasteiger partial charge in [0.2, 0.25) is 0 Å². The van der Waals surface area contributed by atoms with Gasteiger partial charge in [-0.3, -0.25) is 9.59 Å². The van der Waals surface area contributed by atoms with Gasteiger partial charge in [-0.15, -0.1) is 0 Å². The first kappa shape index (κ1) is 84.6. The SMILES string of the molecule is CC/C=C\C/C=C\C/C=C\C/C=C\C/C=C\C/C=C\C/C=C\C/C=C\C/C=C\CCCCCCCCCCCC(=O)OC(CO)COC(=O)CCCCCCCCCCCCCCCCCCCCCCCCCCCCCCCCCCCCCCC. The number of aliphatic hydroxyl groups is 1. The smallest absolute Gasteiger partial charge is 0.306 e. The van der Waals surface area contributed by atoms with Crippen LogP contribution < -0.4 is 0 Å². The van der Waals surface area contributed by atoms with Crippen molar-refractivity contribution in [3.05, 3.63) is 109 Å². The molecule has 0 aliphatic carbocycles. The zero-order valence-electron chi connectivity index (χ0n) is 58.5. The molecule has 1 N–H and O–H groups in total. The van der Waals surface area contributed by atoms with Crippen LogP contribution in [-0.4, -0.2) is 36.4 Å². The maximum absolute atomic E-state index is 12.4. The lowest BCUT2D eigenvalue weighted by atomic mass is 10.0. The Hall–Kier alpha value is -3.44. The molecule has 5 heteroatoms. The van der Waals surface area contributed by atoms with Crippen molar-refractivity contribution in [2.75, 3.05) is 13.2 Å². The van der Waals surface area contributed by atoms with E-state index in [1.54, 1.807) is 0 Å². The predicted octanol–water partition coefficient (Wildman–Crippen LogP) is 27.1. The van der Waals surface area contributed by atoms with Crippen LogP contribution in [0.4, 0.5) is 0 Å². The van der Waals surface area contributed by atoms with Crippen LogP contribution in [0.3, 0.4) is 0 Å². The molecule has 0 heterocycles. The molecule has 0 saturated carbocycles. The summed E-state index contributed by atoms with van der Waals surface area (Å²) in [7, 11) is 0. The largest absolute Gasteiger partial charge is 0.462 e. The number of hydrogen-bond donors (Lipinski definition) is 1. The number of carbonyl (C=O) groups is 2. The average Bonchev–Trinajstić information content (AvgIpc) is 3.55. The van der Waals surface area contributed by atoms with Crippen LogP contribution in [-0.2, 0) is 19.1 Å². The zero-order valence-corrected chi connectivity index (χ0v) is 58.5. The fourth-order valence-corrected chi connectivity index (χ4v) is 11.4. The Morgan fingerprint density at radius 1 is 0.273 bits per heavy atom. The number of carbonyl (C=O) groups excluding carboxylic acids is 2. The Morgan fingerprint density at radius 2 is 0.489 bits per heavy atom. The van der Waals surface area contributed by atoms with E-state index in [-0.39, 0.29) is 25.2 Å². The third-order valence-corrected chi connectivity index (χ3v) is 17.1. The lowest BCUT2D eigenvalue weighted by molar-refractivity contribution is -0.161. The molecule has 0 aromatic rings. The monoisotopic (exact) mass is 1220 g/mol. The highest BCUT2D eigenvalue weighted by molar-refractivity contribution is 5.70. The highest BCUT2D eigenvalue weighted by Gasteiger charge is 2.16. The van der Waals surface area contributed by atoms with E-state index in [0.29, 0.717) is 12.8 Å². The quantitative estimate of drug-likeness (QED) is 0.0373. The minimum absolute atomic E-state index is 0.0693. The number of rotatable bonds is 71. The Bertz CT molecular complexity index is 1670. The summed E-state index contributed by atoms with van der Waals surface area (Å²) >= 11 is 0. The summed E-state index contributed by atoms with van der Waals surface area (Å²) < 4.78 is 10.8.